The van der Waals surface area contributed by atoms with Crippen LogP contribution in [0.2, 0.25) is 0 Å². The Morgan fingerprint density at radius 2 is 1.58 bits per heavy atom. The number of Topliss-reactive ketones (excluding diaryl/α,β-unsaturated/α-hetero) is 1. The minimum absolute atomic E-state index is 0.0915. The number of aryl methyl sites for hydroxylation is 1. The number of hydrogen-bond acceptors (Lipinski definition) is 3. The Morgan fingerprint density at radius 1 is 0.889 bits per heavy atom. The molecule has 0 spiro atoms. The molecular formula is C31H34N2O3. The van der Waals surface area contributed by atoms with Crippen molar-refractivity contribution in [1.29, 1.82) is 0 Å². The van der Waals surface area contributed by atoms with E-state index in [1.54, 1.807) is 29.2 Å². The van der Waals surface area contributed by atoms with Crippen molar-refractivity contribution in [3.8, 4) is 5.75 Å². The highest BCUT2D eigenvalue weighted by atomic mass is 16.3. The van der Waals surface area contributed by atoms with Crippen molar-refractivity contribution in [1.82, 2.24) is 9.47 Å². The van der Waals surface area contributed by atoms with Gasteiger partial charge in [-0.3, -0.25) is 9.59 Å². The van der Waals surface area contributed by atoms with Crippen molar-refractivity contribution >= 4 is 22.6 Å². The second-order valence-electron chi connectivity index (χ2n) is 9.27. The van der Waals surface area contributed by atoms with Gasteiger partial charge in [0.2, 0.25) is 5.91 Å². The molecule has 1 N–H and O–H groups in total. The number of benzene rings is 3. The normalized spacial score (nSPS) is 11.9. The maximum absolute atomic E-state index is 13.9. The maximum Gasteiger partial charge on any atom is 0.233 e. The first-order valence-corrected chi connectivity index (χ1v) is 12.7. The molecule has 4 aromatic rings. The van der Waals surface area contributed by atoms with E-state index in [0.29, 0.717) is 19.5 Å². The number of hydrogen-bond donors (Lipinski definition) is 1. The van der Waals surface area contributed by atoms with Crippen LogP contribution in [0, 0.1) is 5.92 Å². The Hall–Kier alpha value is -3.86. The van der Waals surface area contributed by atoms with Gasteiger partial charge in [-0.25, -0.2) is 0 Å². The summed E-state index contributed by atoms with van der Waals surface area (Å²) in [6.07, 6.45) is 3.68. The van der Waals surface area contributed by atoms with Crippen LogP contribution in [-0.4, -0.2) is 32.8 Å². The highest BCUT2D eigenvalue weighted by molar-refractivity contribution is 6.02. The third-order valence-corrected chi connectivity index (χ3v) is 6.67. The standard InChI is InChI=1S/C31H34N2O3/c1-3-18-33-22-25(27-12-8-9-13-29(27)33)21-32(4-2)31(36)28(19-24-14-16-26(34)17-15-24)30(35)20-23-10-6-5-7-11-23/h5-17,22,28,34H,3-4,18-21H2,1-2H3/t28-/m1/s1. The molecule has 1 amide bonds. The molecule has 0 saturated heterocycles. The van der Waals surface area contributed by atoms with Crippen molar-refractivity contribution < 1.29 is 14.7 Å². The van der Waals surface area contributed by atoms with E-state index in [4.69, 9.17) is 0 Å². The first-order valence-electron chi connectivity index (χ1n) is 12.7. The van der Waals surface area contributed by atoms with E-state index in [9.17, 15) is 14.7 Å². The fourth-order valence-corrected chi connectivity index (χ4v) is 4.77. The molecule has 5 nitrogen and oxygen atoms in total. The molecular weight excluding hydrogens is 448 g/mol. The van der Waals surface area contributed by atoms with Crippen LogP contribution in [0.1, 0.15) is 37.0 Å². The predicted octanol–water partition coefficient (Wildman–Crippen LogP) is 5.78. The molecule has 1 heterocycles. The summed E-state index contributed by atoms with van der Waals surface area (Å²) >= 11 is 0. The molecule has 0 bridgehead atoms. The largest absolute Gasteiger partial charge is 0.508 e. The maximum atomic E-state index is 13.9. The van der Waals surface area contributed by atoms with Crippen molar-refractivity contribution in [2.45, 2.75) is 46.2 Å². The Balaban J connectivity index is 1.62. The Morgan fingerprint density at radius 3 is 2.28 bits per heavy atom. The molecule has 0 saturated carbocycles. The van der Waals surface area contributed by atoms with Gasteiger partial charge in [-0.2, -0.15) is 0 Å². The molecule has 0 aliphatic heterocycles. The van der Waals surface area contributed by atoms with Crippen molar-refractivity contribution in [3.05, 3.63) is 102 Å². The Kier molecular flexibility index (Phi) is 8.21. The smallest absolute Gasteiger partial charge is 0.233 e. The molecule has 4 rings (SSSR count). The number of carbonyl (C=O) groups is 2. The van der Waals surface area contributed by atoms with Crippen LogP contribution in [0.25, 0.3) is 10.9 Å². The summed E-state index contributed by atoms with van der Waals surface area (Å²) < 4.78 is 2.25. The van der Waals surface area contributed by atoms with Gasteiger partial charge >= 0.3 is 0 Å². The van der Waals surface area contributed by atoms with E-state index in [1.165, 1.54) is 5.52 Å². The van der Waals surface area contributed by atoms with Crippen molar-refractivity contribution in [3.63, 3.8) is 0 Å². The molecule has 0 aliphatic rings. The number of phenolic OH excluding ortho intramolecular Hbond substituents is 1. The van der Waals surface area contributed by atoms with Crippen LogP contribution >= 0.6 is 0 Å². The highest BCUT2D eigenvalue weighted by Gasteiger charge is 2.31. The fraction of sp³-hybridized carbons (Fsp3) is 0.290. The van der Waals surface area contributed by atoms with E-state index < -0.39 is 5.92 Å². The van der Waals surface area contributed by atoms with Crippen LogP contribution in [-0.2, 0) is 35.5 Å². The Bertz CT molecular complexity index is 1310. The SMILES string of the molecule is CCCn1cc(CN(CC)C(=O)[C@H](Cc2ccc(O)cc2)C(=O)Cc2ccccc2)c2ccccc21. The van der Waals surface area contributed by atoms with Crippen LogP contribution < -0.4 is 0 Å². The number of phenols is 1. The number of ketones is 1. The minimum Gasteiger partial charge on any atom is -0.508 e. The molecule has 0 fully saturated rings. The molecule has 36 heavy (non-hydrogen) atoms. The molecule has 1 atom stereocenters. The summed E-state index contributed by atoms with van der Waals surface area (Å²) in [6, 6.07) is 24.6. The van der Waals surface area contributed by atoms with Gasteiger partial charge in [0.15, 0.2) is 0 Å². The van der Waals surface area contributed by atoms with Crippen molar-refractivity contribution in [2.24, 2.45) is 5.92 Å². The zero-order chi connectivity index (χ0) is 25.5. The first kappa shape index (κ1) is 25.2. The summed E-state index contributed by atoms with van der Waals surface area (Å²) in [5.41, 5.74) is 4.01. The molecule has 3 aromatic carbocycles. The molecule has 0 aliphatic carbocycles. The van der Waals surface area contributed by atoms with Gasteiger partial charge in [0.05, 0.1) is 0 Å². The topological polar surface area (TPSA) is 62.5 Å². The zero-order valence-electron chi connectivity index (χ0n) is 21.1. The zero-order valence-corrected chi connectivity index (χ0v) is 21.1. The number of carbonyl (C=O) groups excluding carboxylic acids is 2. The molecule has 0 radical (unpaired) electrons. The summed E-state index contributed by atoms with van der Waals surface area (Å²) in [5.74, 6) is -0.875. The quantitative estimate of drug-likeness (QED) is 0.276. The van der Waals surface area contributed by atoms with Crippen LogP contribution in [0.4, 0.5) is 0 Å². The van der Waals surface area contributed by atoms with Gasteiger partial charge in [0.1, 0.15) is 17.5 Å². The number of aromatic nitrogens is 1. The van der Waals surface area contributed by atoms with Gasteiger partial charge in [-0.1, -0.05) is 67.6 Å². The van der Waals surface area contributed by atoms with Crippen LogP contribution in [0.3, 0.4) is 0 Å². The summed E-state index contributed by atoms with van der Waals surface area (Å²) in [6.45, 7) is 6.00. The monoisotopic (exact) mass is 482 g/mol. The lowest BCUT2D eigenvalue weighted by Crippen LogP contribution is -2.40. The molecule has 5 heteroatoms. The van der Waals surface area contributed by atoms with Crippen LogP contribution in [0.5, 0.6) is 5.75 Å². The van der Waals surface area contributed by atoms with Gasteiger partial charge in [0, 0.05) is 43.2 Å². The second-order valence-corrected chi connectivity index (χ2v) is 9.27. The third kappa shape index (κ3) is 5.85. The van der Waals surface area contributed by atoms with Gasteiger partial charge in [-0.15, -0.1) is 0 Å². The number of rotatable bonds is 11. The average Bonchev–Trinajstić information content (AvgIpc) is 3.24. The second kappa shape index (κ2) is 11.7. The molecule has 1 aromatic heterocycles. The lowest BCUT2D eigenvalue weighted by atomic mass is 9.90. The van der Waals surface area contributed by atoms with E-state index in [2.05, 4.69) is 29.8 Å². The van der Waals surface area contributed by atoms with Gasteiger partial charge in [0.25, 0.3) is 0 Å². The molecule has 0 unspecified atom stereocenters. The summed E-state index contributed by atoms with van der Waals surface area (Å²) in [7, 11) is 0. The van der Waals surface area contributed by atoms with Crippen LogP contribution in [0.15, 0.2) is 85.1 Å². The number of para-hydroxylation sites is 1. The number of nitrogens with zero attached hydrogens (tertiary/aromatic N) is 2. The van der Waals surface area contributed by atoms with Gasteiger partial charge < -0.3 is 14.6 Å². The van der Waals surface area contributed by atoms with E-state index in [-0.39, 0.29) is 23.9 Å². The summed E-state index contributed by atoms with van der Waals surface area (Å²) in [5, 5.41) is 10.8. The van der Waals surface area contributed by atoms with E-state index in [0.717, 1.165) is 35.0 Å². The average molecular weight is 483 g/mol. The van der Waals surface area contributed by atoms with Crippen molar-refractivity contribution in [2.75, 3.05) is 6.54 Å². The lowest BCUT2D eigenvalue weighted by molar-refractivity contribution is -0.141. The van der Waals surface area contributed by atoms with Gasteiger partial charge in [-0.05, 0) is 54.7 Å². The Labute approximate surface area is 213 Å². The predicted molar refractivity (Wildman–Crippen MR) is 144 cm³/mol. The lowest BCUT2D eigenvalue weighted by Gasteiger charge is -2.26. The number of amides is 1. The third-order valence-electron chi connectivity index (χ3n) is 6.67. The van der Waals surface area contributed by atoms with E-state index in [1.807, 2.05) is 49.4 Å². The highest BCUT2D eigenvalue weighted by Crippen LogP contribution is 2.25. The minimum atomic E-state index is -0.793. The summed E-state index contributed by atoms with van der Waals surface area (Å²) in [4.78, 5) is 29.2. The first-order chi connectivity index (χ1) is 17.5. The number of fused-ring (bicyclic) bond motifs is 1. The molecule has 186 valence electrons. The fourth-order valence-electron chi connectivity index (χ4n) is 4.77. The number of aromatic hydroxyl groups is 1. The van der Waals surface area contributed by atoms with E-state index >= 15 is 0 Å².